The molecule has 4 aliphatic heterocycles. The molecule has 12 nitrogen and oxygen atoms in total. The van der Waals surface area contributed by atoms with Crippen LogP contribution in [0.2, 0.25) is 0 Å². The maximum atomic E-state index is 12.9. The number of benzene rings is 1. The van der Waals surface area contributed by atoms with E-state index in [1.54, 1.807) is 0 Å². The number of hydrogen-bond acceptors (Lipinski definition) is 8. The van der Waals surface area contributed by atoms with Crippen LogP contribution in [0.4, 0.5) is 4.79 Å². The Morgan fingerprint density at radius 1 is 0.902 bits per heavy atom. The molecule has 0 aliphatic carbocycles. The predicted molar refractivity (Wildman–Crippen MR) is 194 cm³/mol. The highest BCUT2D eigenvalue weighted by Crippen LogP contribution is 2.50. The first-order valence-corrected chi connectivity index (χ1v) is 20.0. The molecule has 0 radical (unpaired) electrons. The van der Waals surface area contributed by atoms with Gasteiger partial charge in [0.1, 0.15) is 6.26 Å². The van der Waals surface area contributed by atoms with E-state index in [0.717, 1.165) is 93.9 Å². The van der Waals surface area contributed by atoms with Crippen LogP contribution in [0.1, 0.15) is 117 Å². The molecule has 0 spiro atoms. The number of carboxylic acids is 1. The van der Waals surface area contributed by atoms with Gasteiger partial charge in [0.25, 0.3) is 5.91 Å². The van der Waals surface area contributed by atoms with Gasteiger partial charge in [-0.15, -0.1) is 0 Å². The zero-order valence-corrected chi connectivity index (χ0v) is 30.2. The van der Waals surface area contributed by atoms with E-state index >= 15 is 0 Å². The van der Waals surface area contributed by atoms with Gasteiger partial charge in [0.05, 0.1) is 30.2 Å². The number of fused-ring (bicyclic) bond motifs is 3. The number of ether oxygens (including phenoxy) is 1. The summed E-state index contributed by atoms with van der Waals surface area (Å²) in [7, 11) is 0. The topological polar surface area (TPSA) is 172 Å². The highest BCUT2D eigenvalue weighted by atomic mass is 32.2. The van der Waals surface area contributed by atoms with E-state index in [9.17, 15) is 24.3 Å². The van der Waals surface area contributed by atoms with Crippen molar-refractivity contribution in [3.63, 3.8) is 0 Å². The van der Waals surface area contributed by atoms with Gasteiger partial charge in [-0.1, -0.05) is 56.4 Å². The van der Waals surface area contributed by atoms with Gasteiger partial charge in [0, 0.05) is 42.9 Å². The zero-order valence-electron chi connectivity index (χ0n) is 29.4. The zero-order chi connectivity index (χ0) is 35.6. The van der Waals surface area contributed by atoms with Gasteiger partial charge in [-0.2, -0.15) is 11.8 Å². The number of carbonyl (C=O) groups is 4. The molecule has 278 valence electrons. The maximum absolute atomic E-state index is 12.9. The molecule has 2 aromatic rings. The Morgan fingerprint density at radius 2 is 1.65 bits per heavy atom. The average molecular weight is 724 g/mol. The van der Waals surface area contributed by atoms with E-state index in [0.29, 0.717) is 37.1 Å². The first-order chi connectivity index (χ1) is 24.9. The number of urea groups is 1. The van der Waals surface area contributed by atoms with Crippen LogP contribution in [-0.4, -0.2) is 82.3 Å². The molecular weight excluding hydrogens is 671 g/mol. The first-order valence-electron chi connectivity index (χ1n) is 19.0. The third kappa shape index (κ3) is 10.1. The Hall–Kier alpha value is -3.58. The number of carbonyl (C=O) groups excluding carboxylic acids is 3. The molecule has 4 aliphatic rings. The summed E-state index contributed by atoms with van der Waals surface area (Å²) in [6, 6.07) is 8.44. The second-order valence-electron chi connectivity index (χ2n) is 14.5. The fourth-order valence-corrected chi connectivity index (χ4v) is 9.80. The van der Waals surface area contributed by atoms with Gasteiger partial charge >= 0.3 is 12.0 Å². The van der Waals surface area contributed by atoms with Gasteiger partial charge in [-0.3, -0.25) is 14.4 Å². The van der Waals surface area contributed by atoms with E-state index in [1.807, 2.05) is 30.0 Å². The van der Waals surface area contributed by atoms with E-state index in [4.69, 9.17) is 9.15 Å². The fourth-order valence-electron chi connectivity index (χ4n) is 8.26. The minimum atomic E-state index is -0.804. The summed E-state index contributed by atoms with van der Waals surface area (Å²) in [4.78, 5) is 52.4. The average Bonchev–Trinajstić information content (AvgIpc) is 3.96. The van der Waals surface area contributed by atoms with E-state index in [2.05, 4.69) is 32.3 Å². The van der Waals surface area contributed by atoms with Crippen LogP contribution < -0.4 is 21.3 Å². The largest absolute Gasteiger partial charge is 0.481 e. The van der Waals surface area contributed by atoms with E-state index in [1.165, 1.54) is 6.26 Å². The number of amides is 4. The van der Waals surface area contributed by atoms with E-state index in [-0.39, 0.29) is 66.1 Å². The van der Waals surface area contributed by atoms with Crippen molar-refractivity contribution in [2.24, 2.45) is 5.92 Å². The number of hydrogen-bond donors (Lipinski definition) is 5. The normalized spacial score (nSPS) is 26.1. The molecule has 4 amide bonds. The number of nitrogens with one attached hydrogen (secondary N) is 4. The second-order valence-corrected chi connectivity index (χ2v) is 15.8. The number of nitrogens with zero attached hydrogens (tertiary/aromatic N) is 1. The Labute approximate surface area is 304 Å². The molecule has 2 bridgehead atoms. The number of carboxylic acid groups (broad SMARTS) is 1. The summed E-state index contributed by atoms with van der Waals surface area (Å²) < 4.78 is 12.2. The highest BCUT2D eigenvalue weighted by Gasteiger charge is 2.51. The van der Waals surface area contributed by atoms with Gasteiger partial charge in [-0.05, 0) is 62.5 Å². The van der Waals surface area contributed by atoms with Crippen molar-refractivity contribution in [1.29, 1.82) is 0 Å². The first kappa shape index (κ1) is 37.2. The molecule has 7 atom stereocenters. The second kappa shape index (κ2) is 18.3. The maximum Gasteiger partial charge on any atom is 0.315 e. The standard InChI is InChI=1S/C38H53N5O7S/c44-32(14-8-7-13-31-35-28(23-51-31)42-38(48)43-35)39-19-9-3-1-2-4-10-20-40-36(47)27-22-49-37(41-27)34-26(29-16-17-30(34)50-29)21-25-12-6-5-11-24(25)15-18-33(45)46/h5-6,11-12,22,26,28-31,34-35H,1-4,7-10,13-21,23H2,(H,39,44)(H,40,47)(H,45,46)(H2,42,43,48). The quantitative estimate of drug-likeness (QED) is 0.0868. The van der Waals surface area contributed by atoms with Crippen molar-refractivity contribution >= 4 is 35.6 Å². The molecule has 6 rings (SSSR count). The van der Waals surface area contributed by atoms with Crippen molar-refractivity contribution < 1.29 is 33.4 Å². The minimum Gasteiger partial charge on any atom is -0.481 e. The van der Waals surface area contributed by atoms with Crippen molar-refractivity contribution in [3.8, 4) is 0 Å². The van der Waals surface area contributed by atoms with Crippen molar-refractivity contribution in [2.45, 2.75) is 132 Å². The molecule has 51 heavy (non-hydrogen) atoms. The summed E-state index contributed by atoms with van der Waals surface area (Å²) in [6.07, 6.45) is 14.4. The van der Waals surface area contributed by atoms with Gasteiger partial charge in [0.15, 0.2) is 5.69 Å². The fraction of sp³-hybridized carbons (Fsp3) is 0.658. The number of thioether (sulfide) groups is 1. The Kier molecular flexibility index (Phi) is 13.3. The number of unbranched alkanes of at least 4 members (excludes halogenated alkanes) is 6. The molecule has 0 saturated carbocycles. The monoisotopic (exact) mass is 723 g/mol. The molecule has 5 N–H and O–H groups in total. The van der Waals surface area contributed by atoms with Crippen molar-refractivity contribution in [2.75, 3.05) is 18.8 Å². The summed E-state index contributed by atoms with van der Waals surface area (Å²) in [5, 5.41) is 21.6. The lowest BCUT2D eigenvalue weighted by molar-refractivity contribution is -0.137. The molecule has 1 aromatic heterocycles. The summed E-state index contributed by atoms with van der Waals surface area (Å²) >= 11 is 1.91. The minimum absolute atomic E-state index is 0.0131. The Balaban J connectivity index is 0.811. The summed E-state index contributed by atoms with van der Waals surface area (Å²) in [5.74, 6) is 0.719. The Morgan fingerprint density at radius 3 is 2.45 bits per heavy atom. The SMILES string of the molecule is O=C(O)CCc1ccccc1CC1C2CCC(O2)C1c1nc(C(=O)NCCCCCCCCNC(=O)CCCCC2SCC3NC(=O)NC32)co1. The lowest BCUT2D eigenvalue weighted by Crippen LogP contribution is -2.36. The molecule has 4 saturated heterocycles. The molecule has 5 heterocycles. The van der Waals surface area contributed by atoms with Gasteiger partial charge in [-0.25, -0.2) is 9.78 Å². The van der Waals surface area contributed by atoms with Crippen LogP contribution in [0.15, 0.2) is 34.9 Å². The molecule has 7 unspecified atom stereocenters. The van der Waals surface area contributed by atoms with Crippen LogP contribution in [-0.2, 0) is 27.2 Å². The third-order valence-electron chi connectivity index (χ3n) is 10.9. The third-order valence-corrected chi connectivity index (χ3v) is 12.4. The van der Waals surface area contributed by atoms with Crippen LogP contribution in [0.25, 0.3) is 0 Å². The number of aliphatic carboxylic acids is 1. The predicted octanol–water partition coefficient (Wildman–Crippen LogP) is 5.11. The molecular formula is C38H53N5O7S. The molecule has 13 heteroatoms. The summed E-state index contributed by atoms with van der Waals surface area (Å²) in [5.41, 5.74) is 2.47. The smallest absolute Gasteiger partial charge is 0.315 e. The number of aryl methyl sites for hydroxylation is 1. The van der Waals surface area contributed by atoms with Crippen molar-refractivity contribution in [1.82, 2.24) is 26.3 Å². The summed E-state index contributed by atoms with van der Waals surface area (Å²) in [6.45, 7) is 1.29. The van der Waals surface area contributed by atoms with Crippen LogP contribution >= 0.6 is 11.8 Å². The number of aromatic nitrogens is 1. The van der Waals surface area contributed by atoms with Crippen LogP contribution in [0, 0.1) is 5.92 Å². The number of oxazole rings is 1. The van der Waals surface area contributed by atoms with Crippen molar-refractivity contribution in [3.05, 3.63) is 53.2 Å². The number of rotatable bonds is 21. The molecule has 4 fully saturated rings. The van der Waals surface area contributed by atoms with Gasteiger partial charge in [0.2, 0.25) is 11.8 Å². The molecule has 1 aromatic carbocycles. The van der Waals surface area contributed by atoms with Gasteiger partial charge < -0.3 is 35.5 Å². The highest BCUT2D eigenvalue weighted by molar-refractivity contribution is 8.00. The van der Waals surface area contributed by atoms with Crippen LogP contribution in [0.3, 0.4) is 0 Å². The van der Waals surface area contributed by atoms with Crippen LogP contribution in [0.5, 0.6) is 0 Å². The lowest BCUT2D eigenvalue weighted by Gasteiger charge is -2.26. The lowest BCUT2D eigenvalue weighted by atomic mass is 9.75. The Bertz CT molecular complexity index is 1500. The van der Waals surface area contributed by atoms with E-state index < -0.39 is 5.97 Å².